The predicted octanol–water partition coefficient (Wildman–Crippen LogP) is 4.07. The highest BCUT2D eigenvalue weighted by molar-refractivity contribution is 6.21. The van der Waals surface area contributed by atoms with Gasteiger partial charge >= 0.3 is 0 Å². The number of amides is 3. The molecule has 1 N–H and O–H groups in total. The van der Waals surface area contributed by atoms with Gasteiger partial charge in [0, 0.05) is 42.3 Å². The maximum Gasteiger partial charge on any atom is 0.261 e. The van der Waals surface area contributed by atoms with Crippen LogP contribution in [0.25, 0.3) is 10.9 Å². The van der Waals surface area contributed by atoms with E-state index >= 15 is 0 Å². The molecule has 0 saturated heterocycles. The molecule has 3 aromatic rings. The molecule has 0 aliphatic carbocycles. The Morgan fingerprint density at radius 3 is 2.38 bits per heavy atom. The number of nitrogens with one attached hydrogen (secondary N) is 1. The molecule has 4 rings (SSSR count). The second kappa shape index (κ2) is 7.91. The van der Waals surface area contributed by atoms with Crippen LogP contribution in [0.4, 0.5) is 5.69 Å². The topological polar surface area (TPSA) is 71.4 Å². The van der Waals surface area contributed by atoms with Crippen molar-refractivity contribution in [2.45, 2.75) is 32.7 Å². The van der Waals surface area contributed by atoms with Crippen LogP contribution >= 0.6 is 0 Å². The summed E-state index contributed by atoms with van der Waals surface area (Å²) in [6, 6.07) is 14.7. The quantitative estimate of drug-likeness (QED) is 0.619. The third-order valence-electron chi connectivity index (χ3n) is 5.18. The van der Waals surface area contributed by atoms with Crippen LogP contribution in [0.3, 0.4) is 0 Å². The predicted molar refractivity (Wildman–Crippen MR) is 112 cm³/mol. The smallest absolute Gasteiger partial charge is 0.261 e. The molecule has 3 amide bonds. The van der Waals surface area contributed by atoms with Crippen molar-refractivity contribution in [1.29, 1.82) is 0 Å². The Morgan fingerprint density at radius 1 is 0.966 bits per heavy atom. The number of carbonyl (C=O) groups is 3. The maximum absolute atomic E-state index is 12.3. The minimum absolute atomic E-state index is 0.131. The Hall–Kier alpha value is -3.41. The number of carbonyl (C=O) groups excluding carboxylic acids is 3. The van der Waals surface area contributed by atoms with Gasteiger partial charge in [-0.2, -0.15) is 0 Å². The Bertz CT molecular complexity index is 1060. The number of aryl methyl sites for hydroxylation is 1. The minimum Gasteiger partial charge on any atom is -0.347 e. The van der Waals surface area contributed by atoms with E-state index in [-0.39, 0.29) is 30.7 Å². The van der Waals surface area contributed by atoms with Crippen molar-refractivity contribution in [2.24, 2.45) is 0 Å². The number of anilines is 1. The van der Waals surface area contributed by atoms with Crippen LogP contribution in [0.5, 0.6) is 0 Å². The van der Waals surface area contributed by atoms with Gasteiger partial charge in [-0.15, -0.1) is 0 Å². The van der Waals surface area contributed by atoms with Crippen LogP contribution in [0.15, 0.2) is 54.7 Å². The number of rotatable bonds is 7. The number of fused-ring (bicyclic) bond motifs is 2. The molecule has 2 aromatic carbocycles. The Morgan fingerprint density at radius 2 is 1.69 bits per heavy atom. The van der Waals surface area contributed by atoms with Gasteiger partial charge in [0.05, 0.1) is 11.1 Å². The Kier molecular flexibility index (Phi) is 5.16. The maximum atomic E-state index is 12.3. The van der Waals surface area contributed by atoms with Crippen molar-refractivity contribution < 1.29 is 14.4 Å². The standard InChI is InChI=1S/C23H23N3O3/c1-2-12-25-14-11-16-15-17(9-10-20(16)25)24-21(27)8-5-13-26-22(28)18-6-3-4-7-19(18)23(26)29/h3-4,6-7,9-11,14-15H,2,5,8,12-13H2,1H3,(H,24,27). The van der Waals surface area contributed by atoms with Crippen LogP contribution in [0.1, 0.15) is 46.9 Å². The lowest BCUT2D eigenvalue weighted by molar-refractivity contribution is -0.116. The van der Waals surface area contributed by atoms with Gasteiger partial charge in [-0.3, -0.25) is 19.3 Å². The summed E-state index contributed by atoms with van der Waals surface area (Å²) >= 11 is 0. The fourth-order valence-corrected chi connectivity index (χ4v) is 3.78. The summed E-state index contributed by atoms with van der Waals surface area (Å²) in [6.07, 6.45) is 3.78. The molecular formula is C23H23N3O3. The van der Waals surface area contributed by atoms with Gasteiger partial charge in [0.25, 0.3) is 11.8 Å². The van der Waals surface area contributed by atoms with E-state index in [1.807, 2.05) is 24.3 Å². The average molecular weight is 389 g/mol. The first-order chi connectivity index (χ1) is 14.1. The monoisotopic (exact) mass is 389 g/mol. The second-order valence-corrected chi connectivity index (χ2v) is 7.24. The van der Waals surface area contributed by atoms with Crippen LogP contribution in [0, 0.1) is 0 Å². The molecule has 6 nitrogen and oxygen atoms in total. The molecule has 1 aliphatic heterocycles. The SMILES string of the molecule is CCCn1ccc2cc(NC(=O)CCCN3C(=O)c4ccccc4C3=O)ccc21. The van der Waals surface area contributed by atoms with Gasteiger partial charge in [-0.1, -0.05) is 19.1 Å². The molecule has 1 aromatic heterocycles. The first-order valence-corrected chi connectivity index (χ1v) is 9.92. The molecule has 6 heteroatoms. The van der Waals surface area contributed by atoms with Crippen LogP contribution in [0.2, 0.25) is 0 Å². The molecule has 0 radical (unpaired) electrons. The highest BCUT2D eigenvalue weighted by Crippen LogP contribution is 2.23. The molecule has 0 spiro atoms. The summed E-state index contributed by atoms with van der Waals surface area (Å²) in [5, 5.41) is 3.99. The number of imide groups is 1. The molecular weight excluding hydrogens is 366 g/mol. The zero-order valence-electron chi connectivity index (χ0n) is 16.4. The third kappa shape index (κ3) is 3.66. The molecule has 148 valence electrons. The van der Waals surface area contributed by atoms with Gasteiger partial charge < -0.3 is 9.88 Å². The zero-order valence-corrected chi connectivity index (χ0v) is 16.4. The van der Waals surface area contributed by atoms with Crippen molar-refractivity contribution in [3.8, 4) is 0 Å². The van der Waals surface area contributed by atoms with Crippen molar-refractivity contribution in [1.82, 2.24) is 9.47 Å². The molecule has 0 bridgehead atoms. The summed E-state index contributed by atoms with van der Waals surface area (Å²) in [5.74, 6) is -0.699. The van der Waals surface area contributed by atoms with Gasteiger partial charge in [-0.25, -0.2) is 0 Å². The molecule has 0 atom stereocenters. The van der Waals surface area contributed by atoms with E-state index < -0.39 is 0 Å². The van der Waals surface area contributed by atoms with Gasteiger partial charge in [0.1, 0.15) is 0 Å². The fraction of sp³-hybridized carbons (Fsp3) is 0.261. The molecule has 29 heavy (non-hydrogen) atoms. The van der Waals surface area contributed by atoms with E-state index in [4.69, 9.17) is 0 Å². The summed E-state index contributed by atoms with van der Waals surface area (Å²) < 4.78 is 2.20. The summed E-state index contributed by atoms with van der Waals surface area (Å²) in [6.45, 7) is 3.34. The number of aromatic nitrogens is 1. The van der Waals surface area contributed by atoms with Crippen molar-refractivity contribution in [3.05, 3.63) is 65.9 Å². The third-order valence-corrected chi connectivity index (χ3v) is 5.18. The first-order valence-electron chi connectivity index (χ1n) is 9.92. The zero-order chi connectivity index (χ0) is 20.4. The normalized spacial score (nSPS) is 13.2. The lowest BCUT2D eigenvalue weighted by Crippen LogP contribution is -2.31. The summed E-state index contributed by atoms with van der Waals surface area (Å²) in [7, 11) is 0. The number of nitrogens with zero attached hydrogens (tertiary/aromatic N) is 2. The molecule has 0 fully saturated rings. The van der Waals surface area contributed by atoms with Crippen molar-refractivity contribution in [2.75, 3.05) is 11.9 Å². The fourth-order valence-electron chi connectivity index (χ4n) is 3.78. The summed E-state index contributed by atoms with van der Waals surface area (Å²) in [4.78, 5) is 38.2. The molecule has 0 unspecified atom stereocenters. The van der Waals surface area contributed by atoms with E-state index in [0.717, 1.165) is 29.6 Å². The van der Waals surface area contributed by atoms with E-state index in [2.05, 4.69) is 23.0 Å². The molecule has 1 aliphatic rings. The summed E-state index contributed by atoms with van der Waals surface area (Å²) in [5.41, 5.74) is 2.77. The number of hydrogen-bond donors (Lipinski definition) is 1. The Labute approximate surface area is 169 Å². The van der Waals surface area contributed by atoms with Gasteiger partial charge in [0.15, 0.2) is 0 Å². The molecule has 0 saturated carbocycles. The second-order valence-electron chi connectivity index (χ2n) is 7.24. The van der Waals surface area contributed by atoms with E-state index in [0.29, 0.717) is 17.5 Å². The highest BCUT2D eigenvalue weighted by Gasteiger charge is 2.34. The van der Waals surface area contributed by atoms with E-state index in [1.54, 1.807) is 24.3 Å². The van der Waals surface area contributed by atoms with Gasteiger partial charge in [-0.05, 0) is 49.2 Å². The van der Waals surface area contributed by atoms with E-state index in [9.17, 15) is 14.4 Å². The van der Waals surface area contributed by atoms with Crippen LogP contribution in [-0.4, -0.2) is 33.7 Å². The van der Waals surface area contributed by atoms with Crippen LogP contribution in [-0.2, 0) is 11.3 Å². The van der Waals surface area contributed by atoms with Crippen molar-refractivity contribution >= 4 is 34.3 Å². The average Bonchev–Trinajstić information content (AvgIpc) is 3.22. The van der Waals surface area contributed by atoms with Crippen molar-refractivity contribution in [3.63, 3.8) is 0 Å². The largest absolute Gasteiger partial charge is 0.347 e. The number of benzene rings is 2. The Balaban J connectivity index is 1.32. The van der Waals surface area contributed by atoms with E-state index in [1.165, 1.54) is 4.90 Å². The van der Waals surface area contributed by atoms with Gasteiger partial charge in [0.2, 0.25) is 5.91 Å². The number of hydrogen-bond acceptors (Lipinski definition) is 3. The minimum atomic E-state index is -0.284. The van der Waals surface area contributed by atoms with Crippen LogP contribution < -0.4 is 5.32 Å². The highest BCUT2D eigenvalue weighted by atomic mass is 16.2. The lowest BCUT2D eigenvalue weighted by Gasteiger charge is -2.13. The first kappa shape index (κ1) is 18.9. The lowest BCUT2D eigenvalue weighted by atomic mass is 10.1. The molecule has 2 heterocycles.